The second-order valence-electron chi connectivity index (χ2n) is 7.55. The fourth-order valence-corrected chi connectivity index (χ4v) is 4.09. The molecular weight excluding hydrogens is 539 g/mol. The molecule has 192 valence electrons. The first-order valence-corrected chi connectivity index (χ1v) is 12.1. The summed E-state index contributed by atoms with van der Waals surface area (Å²) in [4.78, 5) is 24.5. The maximum Gasteiger partial charge on any atom is 0.435 e. The largest absolute Gasteiger partial charge is 0.465 e. The molecule has 0 atom stereocenters. The fraction of sp³-hybridized carbons (Fsp3) is 0.0870. The smallest absolute Gasteiger partial charge is 0.435 e. The predicted octanol–water partition coefficient (Wildman–Crippen LogP) is 4.38. The van der Waals surface area contributed by atoms with Gasteiger partial charge in [0.1, 0.15) is 11.5 Å². The number of nitrogens with two attached hydrogens (primary N) is 1. The highest BCUT2D eigenvalue weighted by atomic mass is 35.5. The zero-order valence-corrected chi connectivity index (χ0v) is 20.2. The highest BCUT2D eigenvalue weighted by Gasteiger charge is 2.47. The number of amides is 1. The van der Waals surface area contributed by atoms with Crippen LogP contribution in [-0.4, -0.2) is 39.3 Å². The summed E-state index contributed by atoms with van der Waals surface area (Å²) in [6.45, 7) is 0. The van der Waals surface area contributed by atoms with E-state index in [0.717, 1.165) is 30.3 Å². The average Bonchev–Trinajstić information content (AvgIpc) is 3.43. The average molecular weight is 554 g/mol. The molecule has 0 aliphatic carbocycles. The second-order valence-corrected chi connectivity index (χ2v) is 9.52. The monoisotopic (exact) mass is 553 g/mol. The Morgan fingerprint density at radius 3 is 2.41 bits per heavy atom. The van der Waals surface area contributed by atoms with Crippen molar-refractivity contribution in [2.24, 2.45) is 10.2 Å². The molecule has 4 rings (SSSR count). The molecule has 0 spiro atoms. The number of esters is 1. The molecule has 9 nitrogen and oxygen atoms in total. The predicted molar refractivity (Wildman–Crippen MR) is 127 cm³/mol. The third kappa shape index (κ3) is 5.28. The van der Waals surface area contributed by atoms with Gasteiger partial charge in [0.25, 0.3) is 5.91 Å². The lowest BCUT2D eigenvalue weighted by Crippen LogP contribution is -2.25. The molecular formula is C23H15ClF3N3O6S. The zero-order valence-electron chi connectivity index (χ0n) is 18.6. The van der Waals surface area contributed by atoms with Crippen LogP contribution in [0.1, 0.15) is 16.1 Å². The molecule has 1 amide bonds. The van der Waals surface area contributed by atoms with Crippen molar-refractivity contribution in [1.82, 2.24) is 0 Å². The SMILES string of the molecule is COC(=O)c1cc(-c2ccc(/C=C3/C(=O)N(c4ccc(S(N)(=O)=O)cc4)N=C3C(F)(F)F)o2)ccc1Cl. The summed E-state index contributed by atoms with van der Waals surface area (Å²) >= 11 is 6.01. The van der Waals surface area contributed by atoms with E-state index >= 15 is 0 Å². The van der Waals surface area contributed by atoms with Crippen LogP contribution in [0.25, 0.3) is 17.4 Å². The van der Waals surface area contributed by atoms with Crippen LogP contribution in [0.2, 0.25) is 5.02 Å². The minimum atomic E-state index is -4.99. The van der Waals surface area contributed by atoms with Gasteiger partial charge in [-0.25, -0.2) is 18.4 Å². The Kier molecular flexibility index (Phi) is 6.71. The van der Waals surface area contributed by atoms with Gasteiger partial charge in [-0.15, -0.1) is 0 Å². The van der Waals surface area contributed by atoms with Crippen LogP contribution < -0.4 is 10.1 Å². The Hall–Kier alpha value is -3.94. The summed E-state index contributed by atoms with van der Waals surface area (Å²) < 4.78 is 74.3. The third-order valence-corrected chi connectivity index (χ3v) is 6.38. The van der Waals surface area contributed by atoms with Crippen LogP contribution in [0, 0.1) is 0 Å². The molecule has 0 saturated heterocycles. The Labute approximate surface area is 212 Å². The van der Waals surface area contributed by atoms with Crippen LogP contribution in [0.5, 0.6) is 0 Å². The standard InChI is InChI=1S/C23H15ClF3N3O6S/c1-35-22(32)16-10-12(2-8-18(16)24)19-9-5-14(36-19)11-17-20(23(25,26)27)29-30(21(17)31)13-3-6-15(7-4-13)37(28,33)34/h2-11H,1H3,(H2,28,33,34)/b17-11+. The number of hydrogen-bond donors (Lipinski definition) is 1. The number of benzene rings is 2. The van der Waals surface area contributed by atoms with Crippen LogP contribution in [0.3, 0.4) is 0 Å². The molecule has 2 heterocycles. The molecule has 1 aromatic heterocycles. The Morgan fingerprint density at radius 2 is 1.81 bits per heavy atom. The quantitative estimate of drug-likeness (QED) is 0.368. The highest BCUT2D eigenvalue weighted by Crippen LogP contribution is 2.34. The van der Waals surface area contributed by atoms with Gasteiger partial charge in [0.15, 0.2) is 5.71 Å². The van der Waals surface area contributed by atoms with Crippen molar-refractivity contribution in [2.75, 3.05) is 12.1 Å². The molecule has 3 aromatic rings. The first kappa shape index (κ1) is 26.1. The first-order valence-electron chi connectivity index (χ1n) is 10.1. The van der Waals surface area contributed by atoms with Crippen LogP contribution in [-0.2, 0) is 19.6 Å². The van der Waals surface area contributed by atoms with Crippen molar-refractivity contribution in [3.8, 4) is 11.3 Å². The Bertz CT molecular complexity index is 1580. The fourth-order valence-electron chi connectivity index (χ4n) is 3.38. The van der Waals surface area contributed by atoms with Crippen molar-refractivity contribution < 1.29 is 40.3 Å². The van der Waals surface area contributed by atoms with Crippen molar-refractivity contribution in [1.29, 1.82) is 0 Å². The number of methoxy groups -OCH3 is 1. The molecule has 0 saturated carbocycles. The maximum atomic E-state index is 13.7. The number of primary sulfonamides is 1. The van der Waals surface area contributed by atoms with Gasteiger partial charge < -0.3 is 9.15 Å². The van der Waals surface area contributed by atoms with E-state index in [1.807, 2.05) is 0 Å². The number of furan rings is 1. The number of hydrogen-bond acceptors (Lipinski definition) is 7. The van der Waals surface area contributed by atoms with Crippen LogP contribution >= 0.6 is 11.6 Å². The van der Waals surface area contributed by atoms with Gasteiger partial charge in [0.2, 0.25) is 10.0 Å². The maximum absolute atomic E-state index is 13.7. The number of rotatable bonds is 5. The summed E-state index contributed by atoms with van der Waals surface area (Å²) in [6.07, 6.45) is -4.11. The molecule has 14 heteroatoms. The van der Waals surface area contributed by atoms with Crippen molar-refractivity contribution in [2.45, 2.75) is 11.1 Å². The lowest BCUT2D eigenvalue weighted by Gasteiger charge is -2.11. The Morgan fingerprint density at radius 1 is 1.14 bits per heavy atom. The summed E-state index contributed by atoms with van der Waals surface area (Å²) in [6, 6.07) is 11.4. The number of carbonyl (C=O) groups excluding carboxylic acids is 2. The minimum absolute atomic E-state index is 0.0551. The summed E-state index contributed by atoms with van der Waals surface area (Å²) in [5.41, 5.74) is -1.94. The number of carbonyl (C=O) groups is 2. The lowest BCUT2D eigenvalue weighted by atomic mass is 10.1. The number of ether oxygens (including phenoxy) is 1. The molecule has 2 N–H and O–H groups in total. The molecule has 37 heavy (non-hydrogen) atoms. The van der Waals surface area contributed by atoms with E-state index < -0.39 is 39.4 Å². The number of sulfonamides is 1. The minimum Gasteiger partial charge on any atom is -0.465 e. The van der Waals surface area contributed by atoms with Crippen molar-refractivity contribution in [3.05, 3.63) is 76.5 Å². The second kappa shape index (κ2) is 9.50. The first-order chi connectivity index (χ1) is 17.3. The van der Waals surface area contributed by atoms with Crippen LogP contribution in [0.4, 0.5) is 18.9 Å². The normalized spacial score (nSPS) is 15.3. The third-order valence-electron chi connectivity index (χ3n) is 5.13. The summed E-state index contributed by atoms with van der Waals surface area (Å²) in [5, 5.41) is 9.06. The van der Waals surface area contributed by atoms with Gasteiger partial charge in [0, 0.05) is 5.56 Å². The van der Waals surface area contributed by atoms with Crippen molar-refractivity contribution >= 4 is 51.0 Å². The summed E-state index contributed by atoms with van der Waals surface area (Å²) in [5.74, 6) is -1.73. The van der Waals surface area contributed by atoms with Gasteiger partial charge in [-0.1, -0.05) is 11.6 Å². The van der Waals surface area contributed by atoms with E-state index in [1.165, 1.54) is 37.4 Å². The molecule has 0 radical (unpaired) electrons. The van der Waals surface area contributed by atoms with Gasteiger partial charge >= 0.3 is 12.1 Å². The number of halogens is 4. The van der Waals surface area contributed by atoms with Gasteiger partial charge in [-0.05, 0) is 60.7 Å². The van der Waals surface area contributed by atoms with E-state index in [9.17, 15) is 31.2 Å². The van der Waals surface area contributed by atoms with Crippen LogP contribution in [0.15, 0.2) is 74.6 Å². The molecule has 2 aromatic carbocycles. The number of nitrogens with zero attached hydrogens (tertiary/aromatic N) is 2. The topological polar surface area (TPSA) is 132 Å². The van der Waals surface area contributed by atoms with Gasteiger partial charge in [-0.3, -0.25) is 4.79 Å². The van der Waals surface area contributed by atoms with Gasteiger partial charge in [-0.2, -0.15) is 23.3 Å². The molecule has 0 unspecified atom stereocenters. The van der Waals surface area contributed by atoms with E-state index in [-0.39, 0.29) is 32.7 Å². The molecule has 0 fully saturated rings. The number of anilines is 1. The summed E-state index contributed by atoms with van der Waals surface area (Å²) in [7, 11) is -2.87. The molecule has 1 aliphatic heterocycles. The zero-order chi connectivity index (χ0) is 27.1. The highest BCUT2D eigenvalue weighted by molar-refractivity contribution is 7.89. The van der Waals surface area contributed by atoms with Gasteiger partial charge in [0.05, 0.1) is 33.9 Å². The molecule has 1 aliphatic rings. The van der Waals surface area contributed by atoms with E-state index in [1.54, 1.807) is 0 Å². The lowest BCUT2D eigenvalue weighted by molar-refractivity contribution is -0.114. The number of alkyl halides is 3. The van der Waals surface area contributed by atoms with Crippen molar-refractivity contribution in [3.63, 3.8) is 0 Å². The van der Waals surface area contributed by atoms with E-state index in [4.69, 9.17) is 21.2 Å². The van der Waals surface area contributed by atoms with E-state index in [2.05, 4.69) is 9.84 Å². The number of hydrazone groups is 1. The van der Waals surface area contributed by atoms with E-state index in [0.29, 0.717) is 10.6 Å². The molecule has 0 bridgehead atoms. The Balaban J connectivity index is 1.70.